The molecule has 0 spiro atoms. The molecule has 218 valence electrons. The molecule has 0 atom stereocenters. The summed E-state index contributed by atoms with van der Waals surface area (Å²) in [6.45, 7) is 4.39. The fraction of sp³-hybridized carbons (Fsp3) is 0.371. The first kappa shape index (κ1) is 29.2. The predicted molar refractivity (Wildman–Crippen MR) is 172 cm³/mol. The lowest BCUT2D eigenvalue weighted by molar-refractivity contribution is -0.383. The molecule has 5 aromatic carbocycles. The lowest BCUT2D eigenvalue weighted by Crippen LogP contribution is -2.35. The largest absolute Gasteiger partial charge is 0.366 e. The number of hydrogen-bond donors (Lipinski definition) is 2. The van der Waals surface area contributed by atoms with Gasteiger partial charge in [-0.2, -0.15) is 0 Å². The average Bonchev–Trinajstić information content (AvgIpc) is 2.98. The zero-order valence-electron chi connectivity index (χ0n) is 24.5. The normalized spacial score (nSPS) is 11.8. The van der Waals surface area contributed by atoms with E-state index in [1.807, 2.05) is 24.3 Å². The number of nitrogens with zero attached hydrogens (tertiary/aromatic N) is 1. The summed E-state index contributed by atoms with van der Waals surface area (Å²) in [4.78, 5) is 38.1. The fourth-order valence-electron chi connectivity index (χ4n) is 6.53. The van der Waals surface area contributed by atoms with E-state index in [4.69, 9.17) is 5.73 Å². The Kier molecular flexibility index (Phi) is 8.86. The van der Waals surface area contributed by atoms with Crippen molar-refractivity contribution in [1.29, 1.82) is 0 Å². The van der Waals surface area contributed by atoms with Crippen LogP contribution < -0.4 is 11.1 Å². The Morgan fingerprint density at radius 2 is 1.26 bits per heavy atom. The van der Waals surface area contributed by atoms with Crippen molar-refractivity contribution in [3.63, 3.8) is 0 Å². The van der Waals surface area contributed by atoms with Crippen LogP contribution in [0.4, 0.5) is 5.69 Å². The Morgan fingerprint density at radius 1 is 0.714 bits per heavy atom. The highest BCUT2D eigenvalue weighted by molar-refractivity contribution is 6.36. The number of carbonyl (C=O) groups excluding carboxylic acids is 2. The Labute approximate surface area is 245 Å². The molecule has 7 heteroatoms. The molecule has 0 fully saturated rings. The quantitative estimate of drug-likeness (QED) is 0.0460. The van der Waals surface area contributed by atoms with E-state index in [-0.39, 0.29) is 22.6 Å². The minimum atomic E-state index is -0.601. The third-order valence-corrected chi connectivity index (χ3v) is 8.61. The number of fused-ring (bicyclic) bond motifs is 2. The highest BCUT2D eigenvalue weighted by Gasteiger charge is 2.24. The van der Waals surface area contributed by atoms with E-state index in [9.17, 15) is 19.7 Å². The van der Waals surface area contributed by atoms with Gasteiger partial charge in [0, 0.05) is 34.0 Å². The highest BCUT2D eigenvalue weighted by atomic mass is 16.6. The van der Waals surface area contributed by atoms with Gasteiger partial charge in [0.15, 0.2) is 0 Å². The maximum atomic E-state index is 14.0. The van der Waals surface area contributed by atoms with Gasteiger partial charge in [-0.1, -0.05) is 89.5 Å². The molecule has 0 heterocycles. The molecule has 0 aromatic heterocycles. The summed E-state index contributed by atoms with van der Waals surface area (Å²) in [5.74, 6) is -0.805. The van der Waals surface area contributed by atoms with Crippen LogP contribution in [0.2, 0.25) is 0 Å². The van der Waals surface area contributed by atoms with Crippen molar-refractivity contribution in [1.82, 2.24) is 5.32 Å². The van der Waals surface area contributed by atoms with E-state index < -0.39 is 5.91 Å². The number of hydrogen-bond acceptors (Lipinski definition) is 4. The molecule has 0 bridgehead atoms. The maximum Gasteiger partial charge on any atom is 0.277 e. The molecule has 5 rings (SSSR count). The standard InChI is InChI=1S/C35H39N3O4/c1-3-5-7-9-12-22(13-10-8-6-4-2)37-35(40)29-19-17-25-23-14-11-15-27-30(38(41)42)21-20-24(31(23)27)26-16-18-28(34(36)39)33(29)32(25)26/h11,14-22H,3-10,12-13H2,1-2H3,(H2,36,39)(H,37,40). The minimum absolute atomic E-state index is 0.0453. The van der Waals surface area contributed by atoms with E-state index in [0.717, 1.165) is 83.7 Å². The van der Waals surface area contributed by atoms with Crippen LogP contribution >= 0.6 is 0 Å². The van der Waals surface area contributed by atoms with Crippen molar-refractivity contribution >= 4 is 60.6 Å². The Morgan fingerprint density at radius 3 is 1.86 bits per heavy atom. The molecule has 0 aliphatic carbocycles. The summed E-state index contributed by atoms with van der Waals surface area (Å²) in [5.41, 5.74) is 6.64. The van der Waals surface area contributed by atoms with Crippen LogP contribution in [-0.4, -0.2) is 22.8 Å². The number of carbonyl (C=O) groups is 2. The third-order valence-electron chi connectivity index (χ3n) is 8.61. The maximum absolute atomic E-state index is 14.0. The van der Waals surface area contributed by atoms with Gasteiger partial charge in [0.1, 0.15) is 0 Å². The number of benzene rings is 5. The molecule has 0 aliphatic rings. The SMILES string of the molecule is CCCCCCC(CCCCCC)NC(=O)c1ccc2c3cccc4c([N+](=O)[O-])ccc(c5ccc(C(N)=O)c1c52)c43. The van der Waals surface area contributed by atoms with Crippen LogP contribution in [0, 0.1) is 10.1 Å². The Hall–Kier alpha value is -4.26. The molecule has 0 saturated heterocycles. The van der Waals surface area contributed by atoms with E-state index in [1.165, 1.54) is 18.9 Å². The molecule has 0 unspecified atom stereocenters. The van der Waals surface area contributed by atoms with Crippen LogP contribution in [0.25, 0.3) is 43.1 Å². The van der Waals surface area contributed by atoms with E-state index >= 15 is 0 Å². The average molecular weight is 566 g/mol. The number of nitro benzene ring substituents is 1. The van der Waals surface area contributed by atoms with Crippen molar-refractivity contribution in [3.8, 4) is 0 Å². The van der Waals surface area contributed by atoms with E-state index in [1.54, 1.807) is 24.3 Å². The summed E-state index contributed by atoms with van der Waals surface area (Å²) in [7, 11) is 0. The molecule has 5 aromatic rings. The first-order valence-corrected chi connectivity index (χ1v) is 15.3. The second-order valence-corrected chi connectivity index (χ2v) is 11.4. The summed E-state index contributed by atoms with van der Waals surface area (Å²) >= 11 is 0. The Balaban J connectivity index is 1.65. The van der Waals surface area contributed by atoms with Crippen molar-refractivity contribution < 1.29 is 14.5 Å². The summed E-state index contributed by atoms with van der Waals surface area (Å²) in [5, 5.41) is 21.1. The summed E-state index contributed by atoms with van der Waals surface area (Å²) in [6.07, 6.45) is 11.0. The topological polar surface area (TPSA) is 115 Å². The lowest BCUT2D eigenvalue weighted by Gasteiger charge is -2.21. The third kappa shape index (κ3) is 5.48. The van der Waals surface area contributed by atoms with Gasteiger partial charge in [-0.3, -0.25) is 19.7 Å². The van der Waals surface area contributed by atoms with Crippen LogP contribution in [-0.2, 0) is 0 Å². The van der Waals surface area contributed by atoms with Crippen molar-refractivity contribution in [2.24, 2.45) is 5.73 Å². The number of nitrogens with two attached hydrogens (primary N) is 1. The zero-order chi connectivity index (χ0) is 29.8. The molecule has 3 N–H and O–H groups in total. The predicted octanol–water partition coefficient (Wildman–Crippen LogP) is 8.78. The molecule has 0 saturated carbocycles. The van der Waals surface area contributed by atoms with Gasteiger partial charge in [-0.05, 0) is 64.0 Å². The molecule has 42 heavy (non-hydrogen) atoms. The second kappa shape index (κ2) is 12.7. The number of primary amides is 1. The number of amides is 2. The van der Waals surface area contributed by atoms with Gasteiger partial charge in [0.25, 0.3) is 11.6 Å². The molecular formula is C35H39N3O4. The van der Waals surface area contributed by atoms with Crippen molar-refractivity contribution in [2.45, 2.75) is 84.1 Å². The highest BCUT2D eigenvalue weighted by Crippen LogP contribution is 2.44. The van der Waals surface area contributed by atoms with Crippen molar-refractivity contribution in [2.75, 3.05) is 0 Å². The number of nitro groups is 1. The van der Waals surface area contributed by atoms with Gasteiger partial charge < -0.3 is 11.1 Å². The number of nitrogens with one attached hydrogen (secondary N) is 1. The molecule has 7 nitrogen and oxygen atoms in total. The van der Waals surface area contributed by atoms with Crippen LogP contribution in [0.1, 0.15) is 98.8 Å². The molecule has 0 radical (unpaired) electrons. The van der Waals surface area contributed by atoms with Gasteiger partial charge in [-0.25, -0.2) is 0 Å². The van der Waals surface area contributed by atoms with Crippen molar-refractivity contribution in [3.05, 3.63) is 75.8 Å². The zero-order valence-corrected chi connectivity index (χ0v) is 24.5. The molecule has 0 aliphatic heterocycles. The first-order valence-electron chi connectivity index (χ1n) is 15.3. The summed E-state index contributed by atoms with van der Waals surface area (Å²) < 4.78 is 0. The number of non-ortho nitro benzene ring substituents is 1. The fourth-order valence-corrected chi connectivity index (χ4v) is 6.53. The lowest BCUT2D eigenvalue weighted by atomic mass is 9.86. The van der Waals surface area contributed by atoms with Gasteiger partial charge in [0.05, 0.1) is 10.3 Å². The van der Waals surface area contributed by atoms with Gasteiger partial charge >= 0.3 is 0 Å². The van der Waals surface area contributed by atoms with Gasteiger partial charge in [-0.15, -0.1) is 0 Å². The Bertz CT molecular complexity index is 1750. The minimum Gasteiger partial charge on any atom is -0.366 e. The second-order valence-electron chi connectivity index (χ2n) is 11.4. The van der Waals surface area contributed by atoms with E-state index in [2.05, 4.69) is 19.2 Å². The first-order chi connectivity index (χ1) is 20.4. The molecule has 2 amide bonds. The van der Waals surface area contributed by atoms with Gasteiger partial charge in [0.2, 0.25) is 5.91 Å². The smallest absolute Gasteiger partial charge is 0.277 e. The van der Waals surface area contributed by atoms with Crippen LogP contribution in [0.15, 0.2) is 54.6 Å². The number of unbranched alkanes of at least 4 members (excludes halogenated alkanes) is 6. The van der Waals surface area contributed by atoms with Crippen LogP contribution in [0.3, 0.4) is 0 Å². The molecular weight excluding hydrogens is 526 g/mol. The number of rotatable bonds is 14. The monoisotopic (exact) mass is 565 g/mol. The van der Waals surface area contributed by atoms with E-state index in [0.29, 0.717) is 21.9 Å². The summed E-state index contributed by atoms with van der Waals surface area (Å²) in [6, 6.07) is 16.1. The van der Waals surface area contributed by atoms with Crippen LogP contribution in [0.5, 0.6) is 0 Å².